The summed E-state index contributed by atoms with van der Waals surface area (Å²) in [6, 6.07) is 31.7. The molecule has 0 spiro atoms. The first-order chi connectivity index (χ1) is 38.8. The number of aliphatic imine (C=N–C) groups is 1. The molecule has 2 atom stereocenters. The maximum absolute atomic E-state index is 14.3. The molecule has 22 heteroatoms. The van der Waals surface area contributed by atoms with Crippen molar-refractivity contribution in [3.05, 3.63) is 147 Å². The second-order valence-electron chi connectivity index (χ2n) is 20.6. The third kappa shape index (κ3) is 14.9. The van der Waals surface area contributed by atoms with E-state index in [2.05, 4.69) is 41.8 Å². The molecule has 4 aromatic carbocycles. The Balaban J connectivity index is 0.901. The number of piperazine rings is 1. The van der Waals surface area contributed by atoms with Crippen LogP contribution < -0.4 is 54.7 Å². The Hall–Kier alpha value is -8.21. The molecule has 3 aliphatic rings. The van der Waals surface area contributed by atoms with Gasteiger partial charge in [-0.1, -0.05) is 85.6 Å². The third-order valence-electron chi connectivity index (χ3n) is 15.0. The van der Waals surface area contributed by atoms with Gasteiger partial charge in [-0.2, -0.15) is 9.36 Å². The van der Waals surface area contributed by atoms with Gasteiger partial charge in [0.25, 0.3) is 5.91 Å². The lowest BCUT2D eigenvalue weighted by Crippen LogP contribution is -2.51. The molecule has 10 N–H and O–H groups in total. The number of aromatic nitrogens is 3. The lowest BCUT2D eigenvalue weighted by atomic mass is 9.78. The second-order valence-corrected chi connectivity index (χ2v) is 20.6. The van der Waals surface area contributed by atoms with E-state index in [0.29, 0.717) is 88.6 Å². The largest absolute Gasteiger partial charge is 0.370 e. The number of nitrogens with two attached hydrogens (primary N) is 2. The van der Waals surface area contributed by atoms with Gasteiger partial charge in [0.1, 0.15) is 6.04 Å². The third-order valence-corrected chi connectivity index (χ3v) is 15.0. The van der Waals surface area contributed by atoms with Gasteiger partial charge in [-0.3, -0.25) is 44.0 Å². The molecule has 1 unspecified atom stereocenters. The highest BCUT2D eigenvalue weighted by Gasteiger charge is 2.41. The van der Waals surface area contributed by atoms with Crippen molar-refractivity contribution in [3.63, 3.8) is 0 Å². The normalized spacial score (nSPS) is 16.4. The average Bonchev–Trinajstić information content (AvgIpc) is 4.11. The second kappa shape index (κ2) is 28.1. The molecule has 1 aromatic heterocycles. The molecule has 5 aromatic rings. The van der Waals surface area contributed by atoms with E-state index in [4.69, 9.17) is 11.5 Å². The van der Waals surface area contributed by atoms with E-state index in [-0.39, 0.29) is 87.9 Å². The van der Waals surface area contributed by atoms with Crippen molar-refractivity contribution in [1.29, 1.82) is 0 Å². The van der Waals surface area contributed by atoms with Crippen LogP contribution in [0.5, 0.6) is 0 Å². The molecule has 1 saturated heterocycles. The van der Waals surface area contributed by atoms with Crippen molar-refractivity contribution < 1.29 is 28.8 Å². The smallest absolute Gasteiger partial charge is 0.352 e. The number of carbonyl (C=O) groups is 6. The Bertz CT molecular complexity index is 3030. The number of hydrogen-bond donors (Lipinski definition) is 8. The van der Waals surface area contributed by atoms with Crippen LogP contribution in [-0.4, -0.2) is 137 Å². The Labute approximate surface area is 464 Å². The number of carbonyl (C=O) groups excluding carboxylic acids is 6. The van der Waals surface area contributed by atoms with Crippen LogP contribution in [0.15, 0.2) is 124 Å². The zero-order chi connectivity index (χ0) is 56.4. The van der Waals surface area contributed by atoms with Crippen molar-refractivity contribution in [2.45, 2.75) is 89.3 Å². The first-order valence-corrected chi connectivity index (χ1v) is 27.8. The number of nitrogens with zero attached hydrogens (tertiary/aromatic N) is 6. The van der Waals surface area contributed by atoms with E-state index >= 15 is 0 Å². The Morgan fingerprint density at radius 1 is 0.675 bits per heavy atom. The summed E-state index contributed by atoms with van der Waals surface area (Å²) in [4.78, 5) is 117. The summed E-state index contributed by atoms with van der Waals surface area (Å²) in [6.07, 6.45) is 4.09. The number of fused-ring (bicyclic) bond motifs is 2. The minimum Gasteiger partial charge on any atom is -0.370 e. The van der Waals surface area contributed by atoms with Crippen LogP contribution >= 0.6 is 0 Å². The Morgan fingerprint density at radius 3 is 1.98 bits per heavy atom. The van der Waals surface area contributed by atoms with Crippen molar-refractivity contribution in [2.75, 3.05) is 70.8 Å². The lowest BCUT2D eigenvalue weighted by Gasteiger charge is -2.41. The maximum Gasteiger partial charge on any atom is 0.352 e. The molecule has 80 heavy (non-hydrogen) atoms. The number of nitrogens with one attached hydrogen (secondary N) is 6. The van der Waals surface area contributed by atoms with Gasteiger partial charge in [0.2, 0.25) is 29.5 Å². The molecule has 3 heterocycles. The highest BCUT2D eigenvalue weighted by molar-refractivity contribution is 6.07. The molecule has 2 aliphatic heterocycles. The van der Waals surface area contributed by atoms with Crippen molar-refractivity contribution in [3.8, 4) is 11.4 Å². The minimum absolute atomic E-state index is 0.0192. The van der Waals surface area contributed by atoms with Crippen molar-refractivity contribution in [1.82, 2.24) is 50.3 Å². The van der Waals surface area contributed by atoms with Crippen LogP contribution in [-0.2, 0) is 30.5 Å². The van der Waals surface area contributed by atoms with Crippen molar-refractivity contribution in [2.24, 2.45) is 21.9 Å². The number of hydrogen-bond acceptors (Lipinski definition) is 12. The molecule has 6 amide bonds. The standard InChI is InChI=1S/C58H74N14O8/c59-28-30-61-31-32-62-48(73)24-13-25-49(74)67-55(60)64-29-14-23-47(54(78)63-33-34-70-56(79)71(41-15-3-1-4-16-41)72(57(70)80)42-17-5-2-6-18-42)65-50(75)39-58(26-11-12-27-58)40-51(76)68-35-37-69(38-36-68)52-43-19-7-8-20-44(43)53(77)66-46-22-10-9-21-45(46)52/h1-10,15-22,47,52,61H,11-14,23-40,59H2,(H,62,73)(H,63,78)(H,65,75)(H,66,77)(H3,60,64,67,74)/t47-,52?/m0/s1. The van der Waals surface area contributed by atoms with Crippen LogP contribution in [0.2, 0.25) is 0 Å². The van der Waals surface area contributed by atoms with Crippen LogP contribution in [0.25, 0.3) is 11.4 Å². The van der Waals surface area contributed by atoms with E-state index in [1.807, 2.05) is 53.4 Å². The van der Waals surface area contributed by atoms with Gasteiger partial charge in [-0.15, -0.1) is 0 Å². The number of guanidine groups is 1. The van der Waals surface area contributed by atoms with Gasteiger partial charge in [-0.05, 0) is 85.0 Å². The summed E-state index contributed by atoms with van der Waals surface area (Å²) in [5.74, 6) is -1.86. The number of benzene rings is 4. The number of rotatable bonds is 25. The molecule has 424 valence electrons. The maximum atomic E-state index is 14.3. The Kier molecular flexibility index (Phi) is 20.3. The summed E-state index contributed by atoms with van der Waals surface area (Å²) in [7, 11) is 0. The predicted molar refractivity (Wildman–Crippen MR) is 304 cm³/mol. The molecular weight excluding hydrogens is 1020 g/mol. The molecular formula is C58H74N14O8. The summed E-state index contributed by atoms with van der Waals surface area (Å²) < 4.78 is 3.61. The van der Waals surface area contributed by atoms with Gasteiger partial charge >= 0.3 is 11.4 Å². The Morgan fingerprint density at radius 2 is 1.30 bits per heavy atom. The van der Waals surface area contributed by atoms with Gasteiger partial charge < -0.3 is 43.0 Å². The van der Waals surface area contributed by atoms with Crippen LogP contribution in [0.1, 0.15) is 98.2 Å². The van der Waals surface area contributed by atoms with Crippen molar-refractivity contribution >= 4 is 47.1 Å². The first-order valence-electron chi connectivity index (χ1n) is 27.8. The quantitative estimate of drug-likeness (QED) is 0.0237. The van der Waals surface area contributed by atoms with E-state index < -0.39 is 40.6 Å². The molecule has 0 bridgehead atoms. The van der Waals surface area contributed by atoms with Gasteiger partial charge in [-0.25, -0.2) is 14.2 Å². The molecule has 8 rings (SSSR count). The van der Waals surface area contributed by atoms with Gasteiger partial charge in [0.05, 0.1) is 17.4 Å². The summed E-state index contributed by atoms with van der Waals surface area (Å²) >= 11 is 0. The van der Waals surface area contributed by atoms with Crippen LogP contribution in [0, 0.1) is 5.41 Å². The number of anilines is 1. The SMILES string of the molecule is NCCNCCNC(=O)CCCC(=O)NC(N)=NCCC[C@H](NC(=O)CC1(CC(=O)N2CCN(C3c4ccccc4NC(=O)c4ccccc43)CC2)CCCC1)C(=O)NCCn1c(=O)n(-c2ccccc2)n(-c2ccccc2)c1=O. The number of para-hydroxylation sites is 3. The van der Waals surface area contributed by atoms with Crippen LogP contribution in [0.4, 0.5) is 5.69 Å². The zero-order valence-corrected chi connectivity index (χ0v) is 45.2. The topological polar surface area (TPSA) is 294 Å². The average molecular weight is 1100 g/mol. The highest BCUT2D eigenvalue weighted by Crippen LogP contribution is 2.45. The summed E-state index contributed by atoms with van der Waals surface area (Å²) in [6.45, 7) is 4.06. The van der Waals surface area contributed by atoms with E-state index in [1.54, 1.807) is 60.7 Å². The molecule has 1 saturated carbocycles. The van der Waals surface area contributed by atoms with E-state index in [1.165, 1.54) is 9.36 Å². The van der Waals surface area contributed by atoms with Gasteiger partial charge in [0.15, 0.2) is 5.96 Å². The molecule has 2 fully saturated rings. The fourth-order valence-corrected chi connectivity index (χ4v) is 11.0. The molecule has 0 radical (unpaired) electrons. The lowest BCUT2D eigenvalue weighted by molar-refractivity contribution is -0.137. The first kappa shape index (κ1) is 58.0. The fourth-order valence-electron chi connectivity index (χ4n) is 11.0. The van der Waals surface area contributed by atoms with E-state index in [9.17, 15) is 38.4 Å². The summed E-state index contributed by atoms with van der Waals surface area (Å²) in [5.41, 5.74) is 13.9. The summed E-state index contributed by atoms with van der Waals surface area (Å²) in [5, 5.41) is 17.3. The highest BCUT2D eigenvalue weighted by atomic mass is 16.2. The minimum atomic E-state index is -1.07. The van der Waals surface area contributed by atoms with Gasteiger partial charge in [0, 0.05) is 109 Å². The van der Waals surface area contributed by atoms with Crippen LogP contribution in [0.3, 0.4) is 0 Å². The zero-order valence-electron chi connectivity index (χ0n) is 45.2. The molecule has 1 aliphatic carbocycles. The monoisotopic (exact) mass is 1090 g/mol. The fraction of sp³-hybridized carbons (Fsp3) is 0.431. The predicted octanol–water partition coefficient (Wildman–Crippen LogP) is 2.28. The number of amides is 6. The molecule has 22 nitrogen and oxygen atoms in total. The van der Waals surface area contributed by atoms with E-state index in [0.717, 1.165) is 34.2 Å².